The zero-order chi connectivity index (χ0) is 7.56. The van der Waals surface area contributed by atoms with Gasteiger partial charge in [0, 0.05) is 19.4 Å². The summed E-state index contributed by atoms with van der Waals surface area (Å²) in [6, 6.07) is 0. The Kier molecular flexibility index (Phi) is 2.04. The second-order valence-corrected chi connectivity index (χ2v) is 2.29. The Balaban J connectivity index is 2.62. The smallest absolute Gasteiger partial charge is 0.229 e. The fraction of sp³-hybridized carbons (Fsp3) is 0.571. The predicted molar refractivity (Wildman–Crippen MR) is 35.9 cm³/mol. The Bertz CT molecular complexity index is 149. The number of carbonyl (C=O) groups excluding carboxylic acids is 2. The van der Waals surface area contributed by atoms with Crippen molar-refractivity contribution in [3.05, 3.63) is 6.92 Å². The van der Waals surface area contributed by atoms with Gasteiger partial charge in [-0.25, -0.2) is 0 Å². The number of carbonyl (C=O) groups is 2. The van der Waals surface area contributed by atoms with Crippen molar-refractivity contribution >= 4 is 11.8 Å². The van der Waals surface area contributed by atoms with Gasteiger partial charge in [-0.1, -0.05) is 0 Å². The highest BCUT2D eigenvalue weighted by Gasteiger charge is 2.23. The van der Waals surface area contributed by atoms with Gasteiger partial charge in [0.15, 0.2) is 0 Å². The summed E-state index contributed by atoms with van der Waals surface area (Å²) in [6.07, 6.45) is 1.71. The van der Waals surface area contributed by atoms with Gasteiger partial charge >= 0.3 is 0 Å². The second-order valence-electron chi connectivity index (χ2n) is 2.29. The van der Waals surface area contributed by atoms with Crippen LogP contribution in [0.2, 0.25) is 0 Å². The second kappa shape index (κ2) is 2.82. The fourth-order valence-corrected chi connectivity index (χ4v) is 1.05. The zero-order valence-electron chi connectivity index (χ0n) is 5.80. The monoisotopic (exact) mass is 140 g/mol. The van der Waals surface area contributed by atoms with E-state index in [0.717, 1.165) is 0 Å². The van der Waals surface area contributed by atoms with Crippen LogP contribution in [0.5, 0.6) is 0 Å². The molecule has 0 N–H and O–H groups in total. The van der Waals surface area contributed by atoms with E-state index in [9.17, 15) is 9.59 Å². The van der Waals surface area contributed by atoms with Crippen LogP contribution in [-0.4, -0.2) is 23.3 Å². The third kappa shape index (κ3) is 1.17. The van der Waals surface area contributed by atoms with Crippen molar-refractivity contribution in [2.75, 3.05) is 6.54 Å². The summed E-state index contributed by atoms with van der Waals surface area (Å²) >= 11 is 0. The summed E-state index contributed by atoms with van der Waals surface area (Å²) in [5, 5.41) is 0. The summed E-state index contributed by atoms with van der Waals surface area (Å²) in [4.78, 5) is 23.0. The first-order valence-electron chi connectivity index (χ1n) is 3.38. The number of rotatable bonds is 1. The van der Waals surface area contributed by atoms with Crippen LogP contribution in [0.3, 0.4) is 0 Å². The van der Waals surface area contributed by atoms with Crippen molar-refractivity contribution in [3.8, 4) is 0 Å². The minimum absolute atomic E-state index is 0.0775. The Morgan fingerprint density at radius 2 is 1.80 bits per heavy atom. The predicted octanol–water partition coefficient (Wildman–Crippen LogP) is 0.360. The molecule has 1 radical (unpaired) electrons. The average molecular weight is 140 g/mol. The van der Waals surface area contributed by atoms with Crippen LogP contribution in [0.1, 0.15) is 19.3 Å². The largest absolute Gasteiger partial charge is 0.283 e. The molecule has 0 saturated carbocycles. The van der Waals surface area contributed by atoms with Gasteiger partial charge < -0.3 is 0 Å². The lowest BCUT2D eigenvalue weighted by molar-refractivity contribution is -0.147. The van der Waals surface area contributed by atoms with Crippen molar-refractivity contribution in [3.63, 3.8) is 0 Å². The molecule has 0 unspecified atom stereocenters. The van der Waals surface area contributed by atoms with E-state index < -0.39 is 0 Å². The normalized spacial score (nSPS) is 19.9. The molecule has 0 spiro atoms. The molecule has 1 saturated heterocycles. The third-order valence-corrected chi connectivity index (χ3v) is 1.61. The van der Waals surface area contributed by atoms with Gasteiger partial charge in [0.1, 0.15) is 0 Å². The topological polar surface area (TPSA) is 37.4 Å². The van der Waals surface area contributed by atoms with Crippen molar-refractivity contribution in [1.29, 1.82) is 0 Å². The fourth-order valence-electron chi connectivity index (χ4n) is 1.05. The molecule has 0 aromatic rings. The van der Waals surface area contributed by atoms with Crippen LogP contribution >= 0.6 is 0 Å². The quantitative estimate of drug-likeness (QED) is 0.493. The minimum atomic E-state index is -0.0775. The third-order valence-electron chi connectivity index (χ3n) is 1.61. The maximum absolute atomic E-state index is 10.9. The Morgan fingerprint density at radius 3 is 2.10 bits per heavy atom. The number of piperidine rings is 1. The van der Waals surface area contributed by atoms with E-state index in [2.05, 4.69) is 6.92 Å². The molecule has 0 aromatic carbocycles. The molecule has 1 aliphatic heterocycles. The first-order valence-corrected chi connectivity index (χ1v) is 3.38. The lowest BCUT2D eigenvalue weighted by atomic mass is 10.1. The minimum Gasteiger partial charge on any atom is -0.283 e. The van der Waals surface area contributed by atoms with Gasteiger partial charge in [0.25, 0.3) is 0 Å². The van der Waals surface area contributed by atoms with E-state index in [4.69, 9.17) is 0 Å². The Hall–Kier alpha value is -0.860. The summed E-state index contributed by atoms with van der Waals surface area (Å²) in [5.74, 6) is -0.155. The molecule has 0 aliphatic carbocycles. The van der Waals surface area contributed by atoms with E-state index in [1.807, 2.05) is 0 Å². The molecule has 3 nitrogen and oxygen atoms in total. The SMILES string of the molecule is [CH2]CN1C(=O)CCCC1=O. The molecule has 1 rings (SSSR count). The molecule has 2 amide bonds. The van der Waals surface area contributed by atoms with Crippen molar-refractivity contribution < 1.29 is 9.59 Å². The van der Waals surface area contributed by atoms with Gasteiger partial charge in [-0.15, -0.1) is 0 Å². The molecule has 1 aliphatic rings. The van der Waals surface area contributed by atoms with E-state index in [-0.39, 0.29) is 18.4 Å². The van der Waals surface area contributed by atoms with Crippen molar-refractivity contribution in [2.24, 2.45) is 0 Å². The van der Waals surface area contributed by atoms with E-state index in [1.54, 1.807) is 0 Å². The van der Waals surface area contributed by atoms with Crippen LogP contribution in [0.15, 0.2) is 0 Å². The van der Waals surface area contributed by atoms with Gasteiger partial charge in [0.2, 0.25) is 11.8 Å². The molecule has 0 aromatic heterocycles. The first-order chi connectivity index (χ1) is 4.75. The van der Waals surface area contributed by atoms with E-state index >= 15 is 0 Å². The number of imide groups is 1. The van der Waals surface area contributed by atoms with Crippen molar-refractivity contribution in [1.82, 2.24) is 4.90 Å². The molecular weight excluding hydrogens is 130 g/mol. The highest BCUT2D eigenvalue weighted by Crippen LogP contribution is 2.10. The molecular formula is C7H10NO2. The lowest BCUT2D eigenvalue weighted by Gasteiger charge is -2.22. The molecule has 0 bridgehead atoms. The van der Waals surface area contributed by atoms with Crippen LogP contribution in [0.4, 0.5) is 0 Å². The summed E-state index contributed by atoms with van der Waals surface area (Å²) in [7, 11) is 0. The van der Waals surface area contributed by atoms with Crippen LogP contribution < -0.4 is 0 Å². The number of hydrogen-bond donors (Lipinski definition) is 0. The number of hydrogen-bond acceptors (Lipinski definition) is 2. The van der Waals surface area contributed by atoms with Crippen LogP contribution in [0.25, 0.3) is 0 Å². The van der Waals surface area contributed by atoms with Gasteiger partial charge in [0.05, 0.1) is 0 Å². The van der Waals surface area contributed by atoms with Crippen LogP contribution in [0, 0.1) is 6.92 Å². The van der Waals surface area contributed by atoms with Crippen LogP contribution in [-0.2, 0) is 9.59 Å². The first kappa shape index (κ1) is 7.25. The number of nitrogens with zero attached hydrogens (tertiary/aromatic N) is 1. The highest BCUT2D eigenvalue weighted by molar-refractivity contribution is 5.97. The maximum atomic E-state index is 10.9. The van der Waals surface area contributed by atoms with Gasteiger partial charge in [-0.3, -0.25) is 14.5 Å². The molecule has 55 valence electrons. The molecule has 1 fully saturated rings. The summed E-state index contributed by atoms with van der Waals surface area (Å²) in [5.41, 5.74) is 0. The number of amides is 2. The van der Waals surface area contributed by atoms with E-state index in [0.29, 0.717) is 19.3 Å². The van der Waals surface area contributed by atoms with Gasteiger partial charge in [-0.05, 0) is 13.3 Å². The lowest BCUT2D eigenvalue weighted by Crippen LogP contribution is -2.39. The van der Waals surface area contributed by atoms with Gasteiger partial charge in [-0.2, -0.15) is 0 Å². The molecule has 1 heterocycles. The Labute approximate surface area is 60.0 Å². The summed E-state index contributed by atoms with van der Waals surface area (Å²) < 4.78 is 0. The standard InChI is InChI=1S/C7H10NO2/c1-2-8-6(9)4-3-5-7(8)10/h1-5H2. The molecule has 0 atom stereocenters. The van der Waals surface area contributed by atoms with E-state index in [1.165, 1.54) is 4.90 Å². The zero-order valence-corrected chi connectivity index (χ0v) is 5.80. The van der Waals surface area contributed by atoms with Crippen molar-refractivity contribution in [2.45, 2.75) is 19.3 Å². The summed E-state index contributed by atoms with van der Waals surface area (Å²) in [6.45, 7) is 3.77. The number of likely N-dealkylation sites (tertiary alicyclic amines) is 1. The molecule has 10 heavy (non-hydrogen) atoms. The Morgan fingerprint density at radius 1 is 1.30 bits per heavy atom. The maximum Gasteiger partial charge on any atom is 0.229 e. The highest BCUT2D eigenvalue weighted by atomic mass is 16.2. The molecule has 3 heteroatoms. The average Bonchev–Trinajstić information content (AvgIpc) is 1.88.